The van der Waals surface area contributed by atoms with E-state index in [1.54, 1.807) is 18.2 Å². The monoisotopic (exact) mass is 378 g/mol. The smallest absolute Gasteiger partial charge is 0.142 e. The van der Waals surface area contributed by atoms with Gasteiger partial charge in [0.2, 0.25) is 0 Å². The second-order valence-electron chi connectivity index (χ2n) is 6.43. The number of nitrogens with two attached hydrogens (primary N) is 1. The van der Waals surface area contributed by atoms with Crippen LogP contribution in [0.25, 0.3) is 11.3 Å². The van der Waals surface area contributed by atoms with Crippen LogP contribution >= 0.6 is 12.4 Å². The number of nitrogen functional groups attached to an aromatic ring is 1. The molecule has 1 aliphatic heterocycles. The van der Waals surface area contributed by atoms with Gasteiger partial charge in [0, 0.05) is 23.7 Å². The van der Waals surface area contributed by atoms with Crippen LogP contribution in [0.2, 0.25) is 0 Å². The first-order valence-corrected chi connectivity index (χ1v) is 8.48. The number of nitrogens with zero attached hydrogens (tertiary/aromatic N) is 2. The van der Waals surface area contributed by atoms with Crippen molar-refractivity contribution in [1.82, 2.24) is 4.98 Å². The van der Waals surface area contributed by atoms with Crippen LogP contribution in [-0.4, -0.2) is 16.6 Å². The molecule has 0 aliphatic carbocycles. The lowest BCUT2D eigenvalue weighted by Gasteiger charge is -2.27. The number of benzene rings is 2. The van der Waals surface area contributed by atoms with Gasteiger partial charge in [-0.15, -0.1) is 12.4 Å². The Hall–Kier alpha value is -3.23. The molecule has 6 heteroatoms. The lowest BCUT2D eigenvalue weighted by molar-refractivity contribution is 0.477. The van der Waals surface area contributed by atoms with E-state index in [4.69, 9.17) is 5.73 Å². The van der Waals surface area contributed by atoms with E-state index in [0.717, 1.165) is 24.2 Å². The summed E-state index contributed by atoms with van der Waals surface area (Å²) >= 11 is 0. The van der Waals surface area contributed by atoms with E-state index >= 15 is 0 Å². The summed E-state index contributed by atoms with van der Waals surface area (Å²) in [7, 11) is 0. The molecule has 1 aromatic heterocycles. The minimum atomic E-state index is 0. The van der Waals surface area contributed by atoms with Gasteiger partial charge in [-0.2, -0.15) is 5.26 Å². The summed E-state index contributed by atoms with van der Waals surface area (Å²) in [6.45, 7) is 0.718. The molecule has 3 aromatic rings. The van der Waals surface area contributed by atoms with Crippen LogP contribution in [0.1, 0.15) is 22.6 Å². The number of fused-ring (bicyclic) bond motifs is 1. The first kappa shape index (κ1) is 18.6. The number of nitrogens with one attached hydrogen (secondary N) is 1. The number of nitriles is 1. The Kier molecular flexibility index (Phi) is 5.20. The number of phenols is 1. The second-order valence-corrected chi connectivity index (χ2v) is 6.43. The van der Waals surface area contributed by atoms with E-state index in [-0.39, 0.29) is 29.9 Å². The average molecular weight is 379 g/mol. The summed E-state index contributed by atoms with van der Waals surface area (Å²) in [5.74, 6) is 0.443. The molecular weight excluding hydrogens is 360 g/mol. The molecule has 4 N–H and O–H groups in total. The zero-order chi connectivity index (χ0) is 18.1. The highest BCUT2D eigenvalue weighted by atomic mass is 35.5. The van der Waals surface area contributed by atoms with Crippen molar-refractivity contribution in [2.24, 2.45) is 0 Å². The number of aromatic hydroxyl groups is 1. The van der Waals surface area contributed by atoms with Crippen molar-refractivity contribution in [2.45, 2.75) is 12.3 Å². The summed E-state index contributed by atoms with van der Waals surface area (Å²) < 4.78 is 0. The van der Waals surface area contributed by atoms with Crippen molar-refractivity contribution in [1.29, 1.82) is 5.26 Å². The van der Waals surface area contributed by atoms with E-state index in [1.165, 1.54) is 5.56 Å². The van der Waals surface area contributed by atoms with Crippen molar-refractivity contribution in [3.05, 3.63) is 71.3 Å². The number of pyridine rings is 1. The predicted molar refractivity (Wildman–Crippen MR) is 109 cm³/mol. The Morgan fingerprint density at radius 2 is 1.89 bits per heavy atom. The van der Waals surface area contributed by atoms with Crippen molar-refractivity contribution >= 4 is 23.9 Å². The summed E-state index contributed by atoms with van der Waals surface area (Å²) in [5.41, 5.74) is 10.9. The first-order chi connectivity index (χ1) is 12.7. The molecule has 0 spiro atoms. The number of aromatic nitrogens is 1. The Morgan fingerprint density at radius 3 is 2.67 bits per heavy atom. The number of hydrogen-bond donors (Lipinski definition) is 3. The summed E-state index contributed by atoms with van der Waals surface area (Å²) in [5, 5.41) is 23.2. The number of rotatable bonds is 2. The van der Waals surface area contributed by atoms with Gasteiger partial charge in [0.15, 0.2) is 0 Å². The normalized spacial score (nSPS) is 15.0. The number of phenolic OH excluding ortho intramolecular Hbond substituents is 1. The molecule has 0 amide bonds. The summed E-state index contributed by atoms with van der Waals surface area (Å²) in [4.78, 5) is 4.35. The van der Waals surface area contributed by atoms with Gasteiger partial charge in [0.25, 0.3) is 0 Å². The fourth-order valence-corrected chi connectivity index (χ4v) is 3.52. The SMILES string of the molecule is Cl.N#Cc1c(C2CNc3ccccc3C2)cc(-c2ccccc2O)nc1N. The number of halogens is 1. The van der Waals surface area contributed by atoms with E-state index in [0.29, 0.717) is 16.8 Å². The van der Waals surface area contributed by atoms with Gasteiger partial charge in [-0.1, -0.05) is 30.3 Å². The zero-order valence-electron chi connectivity index (χ0n) is 14.5. The summed E-state index contributed by atoms with van der Waals surface area (Å²) in [6, 6.07) is 19.3. The highest BCUT2D eigenvalue weighted by molar-refractivity contribution is 5.85. The van der Waals surface area contributed by atoms with Gasteiger partial charge in [-0.25, -0.2) is 4.98 Å². The molecule has 0 saturated heterocycles. The van der Waals surface area contributed by atoms with Gasteiger partial charge in [-0.3, -0.25) is 0 Å². The molecule has 27 heavy (non-hydrogen) atoms. The van der Waals surface area contributed by atoms with Gasteiger partial charge < -0.3 is 16.2 Å². The minimum absolute atomic E-state index is 0. The molecule has 0 saturated carbocycles. The van der Waals surface area contributed by atoms with Gasteiger partial charge in [0.05, 0.1) is 11.3 Å². The fraction of sp³-hybridized carbons (Fsp3) is 0.143. The molecule has 4 rings (SSSR count). The molecule has 1 unspecified atom stereocenters. The maximum absolute atomic E-state index is 10.2. The third kappa shape index (κ3) is 3.40. The van der Waals surface area contributed by atoms with Crippen molar-refractivity contribution in [3.8, 4) is 23.1 Å². The van der Waals surface area contributed by atoms with Crippen LogP contribution in [0.15, 0.2) is 54.6 Å². The van der Waals surface area contributed by atoms with E-state index in [2.05, 4.69) is 28.5 Å². The van der Waals surface area contributed by atoms with Gasteiger partial charge in [0.1, 0.15) is 17.6 Å². The molecular formula is C21H19ClN4O. The third-order valence-electron chi connectivity index (χ3n) is 4.83. The van der Waals surface area contributed by atoms with Crippen LogP contribution in [-0.2, 0) is 6.42 Å². The molecule has 0 bridgehead atoms. The molecule has 5 nitrogen and oxygen atoms in total. The number of para-hydroxylation sites is 2. The van der Waals surface area contributed by atoms with Crippen LogP contribution in [0.4, 0.5) is 11.5 Å². The Bertz CT molecular complexity index is 1030. The standard InChI is InChI=1S/C21H18N4O.ClH/c22-11-17-16(14-9-13-5-1-3-7-18(13)24-12-14)10-19(25-21(17)23)15-6-2-4-8-20(15)26;/h1-8,10,14,24,26H,9,12H2,(H2,23,25);1H. The molecule has 1 aliphatic rings. The predicted octanol–water partition coefficient (Wildman–Crippen LogP) is 4.08. The van der Waals surface area contributed by atoms with Gasteiger partial charge in [-0.05, 0) is 41.8 Å². The third-order valence-corrected chi connectivity index (χ3v) is 4.83. The second kappa shape index (κ2) is 7.56. The molecule has 1 atom stereocenters. The lowest BCUT2D eigenvalue weighted by atomic mass is 9.85. The minimum Gasteiger partial charge on any atom is -0.507 e. The number of hydrogen-bond acceptors (Lipinski definition) is 5. The van der Waals surface area contributed by atoms with Gasteiger partial charge >= 0.3 is 0 Å². The van der Waals surface area contributed by atoms with E-state index in [1.807, 2.05) is 24.3 Å². The quantitative estimate of drug-likeness (QED) is 0.624. The van der Waals surface area contributed by atoms with Crippen LogP contribution in [0.5, 0.6) is 5.75 Å². The molecule has 2 heterocycles. The summed E-state index contributed by atoms with van der Waals surface area (Å²) in [6.07, 6.45) is 0.821. The van der Waals surface area contributed by atoms with Crippen LogP contribution in [0, 0.1) is 11.3 Å². The van der Waals surface area contributed by atoms with Crippen molar-refractivity contribution in [3.63, 3.8) is 0 Å². The average Bonchev–Trinajstić information content (AvgIpc) is 2.67. The molecule has 2 aromatic carbocycles. The van der Waals surface area contributed by atoms with Crippen LogP contribution in [0.3, 0.4) is 0 Å². The molecule has 0 radical (unpaired) electrons. The zero-order valence-corrected chi connectivity index (χ0v) is 15.3. The Balaban J connectivity index is 0.00000210. The highest BCUT2D eigenvalue weighted by Crippen LogP contribution is 2.36. The molecule has 136 valence electrons. The van der Waals surface area contributed by atoms with E-state index in [9.17, 15) is 10.4 Å². The fourth-order valence-electron chi connectivity index (χ4n) is 3.52. The maximum Gasteiger partial charge on any atom is 0.142 e. The lowest BCUT2D eigenvalue weighted by Crippen LogP contribution is -2.22. The topological polar surface area (TPSA) is 95.0 Å². The number of anilines is 2. The van der Waals surface area contributed by atoms with Crippen LogP contribution < -0.4 is 11.1 Å². The van der Waals surface area contributed by atoms with Crippen molar-refractivity contribution < 1.29 is 5.11 Å². The van der Waals surface area contributed by atoms with Crippen molar-refractivity contribution in [2.75, 3.05) is 17.6 Å². The maximum atomic E-state index is 10.2. The van der Waals surface area contributed by atoms with E-state index < -0.39 is 0 Å². The molecule has 0 fully saturated rings. The Morgan fingerprint density at radius 1 is 1.15 bits per heavy atom. The largest absolute Gasteiger partial charge is 0.507 e. The first-order valence-electron chi connectivity index (χ1n) is 8.48. The highest BCUT2D eigenvalue weighted by Gasteiger charge is 2.24. The Labute approximate surface area is 163 Å².